The van der Waals surface area contributed by atoms with Crippen molar-refractivity contribution in [3.8, 4) is 0 Å². The average Bonchev–Trinajstić information content (AvgIpc) is 3.34. The van der Waals surface area contributed by atoms with Crippen LogP contribution < -0.4 is 10.6 Å². The van der Waals surface area contributed by atoms with E-state index < -0.39 is 0 Å². The molecule has 2 aromatic rings. The van der Waals surface area contributed by atoms with Crippen LogP contribution in [0.15, 0.2) is 40.7 Å². The van der Waals surface area contributed by atoms with Gasteiger partial charge >= 0.3 is 0 Å². The summed E-state index contributed by atoms with van der Waals surface area (Å²) in [4.78, 5) is 10.7. The second kappa shape index (κ2) is 6.95. The Bertz CT molecular complexity index is 717. The van der Waals surface area contributed by atoms with E-state index in [1.165, 1.54) is 43.7 Å². The van der Waals surface area contributed by atoms with Gasteiger partial charge in [0.05, 0.1) is 10.6 Å². The van der Waals surface area contributed by atoms with Crippen LogP contribution in [-0.4, -0.2) is 43.5 Å². The summed E-state index contributed by atoms with van der Waals surface area (Å²) in [6, 6.07) is 10.5. The molecule has 5 heteroatoms. The predicted octanol–water partition coefficient (Wildman–Crippen LogP) is 3.24. The standard InChI is InChI=1S/C19H24N4S/c20-19(18-4-3-13-24-18)21-16-5-6-17-15(14-16)7-10-23(17)12-11-22-8-1-2-9-22/h3-6,13-14H,1-2,7-12H2,(H2,20,21). The lowest BCUT2D eigenvalue weighted by atomic mass is 10.1. The third kappa shape index (κ3) is 3.32. The van der Waals surface area contributed by atoms with Gasteiger partial charge in [-0.2, -0.15) is 0 Å². The molecular formula is C19H24N4S. The topological polar surface area (TPSA) is 44.9 Å². The highest BCUT2D eigenvalue weighted by Gasteiger charge is 2.20. The molecule has 0 amide bonds. The Morgan fingerprint density at radius 1 is 1.12 bits per heavy atom. The molecule has 4 nitrogen and oxygen atoms in total. The number of nitrogens with zero attached hydrogens (tertiary/aromatic N) is 3. The Hall–Kier alpha value is -1.85. The van der Waals surface area contributed by atoms with Gasteiger partial charge in [0, 0.05) is 25.3 Å². The summed E-state index contributed by atoms with van der Waals surface area (Å²) in [5.74, 6) is 0.605. The summed E-state index contributed by atoms with van der Waals surface area (Å²) in [7, 11) is 0. The summed E-state index contributed by atoms with van der Waals surface area (Å²) in [6.45, 7) is 5.99. The van der Waals surface area contributed by atoms with Gasteiger partial charge in [0.1, 0.15) is 5.84 Å². The second-order valence-electron chi connectivity index (χ2n) is 6.57. The van der Waals surface area contributed by atoms with E-state index in [4.69, 9.17) is 5.73 Å². The fourth-order valence-corrected chi connectivity index (χ4v) is 4.27. The van der Waals surface area contributed by atoms with Crippen LogP contribution in [0.4, 0.5) is 11.4 Å². The molecule has 0 aliphatic carbocycles. The first kappa shape index (κ1) is 15.7. The highest BCUT2D eigenvalue weighted by molar-refractivity contribution is 7.12. The third-order valence-electron chi connectivity index (χ3n) is 4.96. The molecule has 1 fully saturated rings. The number of rotatable bonds is 5. The molecule has 24 heavy (non-hydrogen) atoms. The lowest BCUT2D eigenvalue weighted by molar-refractivity contribution is 0.345. The Morgan fingerprint density at radius 2 is 2.00 bits per heavy atom. The first-order chi connectivity index (χ1) is 11.8. The van der Waals surface area contributed by atoms with Crippen molar-refractivity contribution >= 4 is 28.5 Å². The second-order valence-corrected chi connectivity index (χ2v) is 7.52. The number of thiophene rings is 1. The Labute approximate surface area is 147 Å². The smallest absolute Gasteiger partial charge is 0.141 e. The quantitative estimate of drug-likeness (QED) is 0.671. The van der Waals surface area contributed by atoms with E-state index in [1.807, 2.05) is 17.5 Å². The number of hydrogen-bond donors (Lipinski definition) is 1. The van der Waals surface area contributed by atoms with Gasteiger partial charge in [-0.25, -0.2) is 4.99 Å². The van der Waals surface area contributed by atoms with Gasteiger partial charge in [-0.1, -0.05) is 6.07 Å². The van der Waals surface area contributed by atoms with Crippen molar-refractivity contribution in [2.45, 2.75) is 19.3 Å². The van der Waals surface area contributed by atoms with Crippen LogP contribution in [0, 0.1) is 0 Å². The Balaban J connectivity index is 1.45. The van der Waals surface area contributed by atoms with Crippen molar-refractivity contribution in [2.75, 3.05) is 37.6 Å². The van der Waals surface area contributed by atoms with Crippen molar-refractivity contribution in [3.63, 3.8) is 0 Å². The molecule has 0 unspecified atom stereocenters. The maximum Gasteiger partial charge on any atom is 0.141 e. The lowest BCUT2D eigenvalue weighted by Gasteiger charge is -2.23. The van der Waals surface area contributed by atoms with Crippen LogP contribution in [0.25, 0.3) is 0 Å². The van der Waals surface area contributed by atoms with Crippen LogP contribution in [0.3, 0.4) is 0 Å². The van der Waals surface area contributed by atoms with E-state index >= 15 is 0 Å². The predicted molar refractivity (Wildman–Crippen MR) is 103 cm³/mol. The Kier molecular flexibility index (Phi) is 4.54. The van der Waals surface area contributed by atoms with Gasteiger partial charge in [0.2, 0.25) is 0 Å². The minimum absolute atomic E-state index is 0.605. The molecule has 1 aromatic carbocycles. The normalized spacial score (nSPS) is 18.3. The molecule has 4 rings (SSSR count). The fraction of sp³-hybridized carbons (Fsp3) is 0.421. The molecule has 0 radical (unpaired) electrons. The fourth-order valence-electron chi connectivity index (χ4n) is 3.65. The molecule has 1 aromatic heterocycles. The number of amidine groups is 1. The number of likely N-dealkylation sites (tertiary alicyclic amines) is 1. The number of hydrogen-bond acceptors (Lipinski definition) is 4. The zero-order valence-corrected chi connectivity index (χ0v) is 14.8. The highest BCUT2D eigenvalue weighted by atomic mass is 32.1. The van der Waals surface area contributed by atoms with Crippen LogP contribution in [0.5, 0.6) is 0 Å². The molecule has 0 bridgehead atoms. The van der Waals surface area contributed by atoms with E-state index in [9.17, 15) is 0 Å². The van der Waals surface area contributed by atoms with Crippen molar-refractivity contribution in [1.82, 2.24) is 4.90 Å². The van der Waals surface area contributed by atoms with Gasteiger partial charge in [-0.3, -0.25) is 0 Å². The number of aliphatic imine (C=N–C) groups is 1. The van der Waals surface area contributed by atoms with E-state index in [-0.39, 0.29) is 0 Å². The summed E-state index contributed by atoms with van der Waals surface area (Å²) < 4.78 is 0. The van der Waals surface area contributed by atoms with Crippen LogP contribution in [0.1, 0.15) is 23.3 Å². The lowest BCUT2D eigenvalue weighted by Crippen LogP contribution is -2.32. The monoisotopic (exact) mass is 340 g/mol. The maximum atomic E-state index is 6.11. The maximum absolute atomic E-state index is 6.11. The largest absolute Gasteiger partial charge is 0.383 e. The summed E-state index contributed by atoms with van der Waals surface area (Å²) in [5, 5.41) is 2.03. The van der Waals surface area contributed by atoms with Crippen molar-refractivity contribution in [2.24, 2.45) is 10.7 Å². The molecule has 3 heterocycles. The van der Waals surface area contributed by atoms with E-state index in [2.05, 4.69) is 33.0 Å². The molecule has 0 spiro atoms. The van der Waals surface area contributed by atoms with Crippen LogP contribution in [0.2, 0.25) is 0 Å². The van der Waals surface area contributed by atoms with E-state index in [1.54, 1.807) is 11.3 Å². The highest BCUT2D eigenvalue weighted by Crippen LogP contribution is 2.31. The van der Waals surface area contributed by atoms with Crippen molar-refractivity contribution < 1.29 is 0 Å². The van der Waals surface area contributed by atoms with Gasteiger partial charge < -0.3 is 15.5 Å². The molecule has 2 N–H and O–H groups in total. The number of nitrogens with two attached hydrogens (primary N) is 1. The zero-order valence-electron chi connectivity index (χ0n) is 13.9. The first-order valence-corrected chi connectivity index (χ1v) is 9.66. The zero-order chi connectivity index (χ0) is 16.4. The molecule has 1 saturated heterocycles. The minimum Gasteiger partial charge on any atom is -0.383 e. The Morgan fingerprint density at radius 3 is 2.79 bits per heavy atom. The molecule has 126 valence electrons. The molecular weight excluding hydrogens is 316 g/mol. The molecule has 2 aliphatic heterocycles. The number of fused-ring (bicyclic) bond motifs is 1. The average molecular weight is 340 g/mol. The molecule has 2 aliphatic rings. The number of benzene rings is 1. The van der Waals surface area contributed by atoms with E-state index in [0.717, 1.165) is 30.1 Å². The SMILES string of the molecule is NC(=Nc1ccc2c(c1)CCN2CCN1CCCC1)c1cccs1. The third-order valence-corrected chi connectivity index (χ3v) is 5.86. The summed E-state index contributed by atoms with van der Waals surface area (Å²) >= 11 is 1.63. The van der Waals surface area contributed by atoms with Gasteiger partial charge in [0.25, 0.3) is 0 Å². The van der Waals surface area contributed by atoms with Gasteiger partial charge in [-0.15, -0.1) is 11.3 Å². The van der Waals surface area contributed by atoms with Gasteiger partial charge in [-0.05, 0) is 67.6 Å². The molecule has 0 saturated carbocycles. The van der Waals surface area contributed by atoms with Crippen LogP contribution >= 0.6 is 11.3 Å². The van der Waals surface area contributed by atoms with E-state index in [0.29, 0.717) is 5.84 Å². The van der Waals surface area contributed by atoms with Gasteiger partial charge in [0.15, 0.2) is 0 Å². The summed E-state index contributed by atoms with van der Waals surface area (Å²) in [6.07, 6.45) is 3.84. The minimum atomic E-state index is 0.605. The van der Waals surface area contributed by atoms with Crippen molar-refractivity contribution in [1.29, 1.82) is 0 Å². The number of anilines is 1. The van der Waals surface area contributed by atoms with Crippen molar-refractivity contribution in [3.05, 3.63) is 46.2 Å². The summed E-state index contributed by atoms with van der Waals surface area (Å²) in [5.41, 5.74) is 9.84. The molecule has 0 atom stereocenters. The first-order valence-electron chi connectivity index (χ1n) is 8.78. The van der Waals surface area contributed by atoms with Crippen LogP contribution in [-0.2, 0) is 6.42 Å².